The summed E-state index contributed by atoms with van der Waals surface area (Å²) >= 11 is 0. The minimum absolute atomic E-state index is 0.00330. The minimum atomic E-state index is -0.798. The number of hydrogen-bond acceptors (Lipinski definition) is 10. The maximum absolute atomic E-state index is 13.3. The second-order valence-corrected chi connectivity index (χ2v) is 10.5. The van der Waals surface area contributed by atoms with Crippen LogP contribution in [0.2, 0.25) is 0 Å². The van der Waals surface area contributed by atoms with Crippen LogP contribution in [0.3, 0.4) is 0 Å². The molecule has 3 aliphatic rings. The zero-order valence-corrected chi connectivity index (χ0v) is 25.1. The van der Waals surface area contributed by atoms with Gasteiger partial charge in [-0.1, -0.05) is 26.0 Å². The molecule has 5 rings (SSSR count). The third-order valence-electron chi connectivity index (χ3n) is 8.33. The number of fused-ring (bicyclic) bond motifs is 5. The van der Waals surface area contributed by atoms with Gasteiger partial charge in [0.25, 0.3) is 0 Å². The fourth-order valence-corrected chi connectivity index (χ4v) is 5.53. The summed E-state index contributed by atoms with van der Waals surface area (Å²) in [5.41, 5.74) is 3.26. The van der Waals surface area contributed by atoms with Crippen molar-refractivity contribution in [3.8, 4) is 45.6 Å². The van der Waals surface area contributed by atoms with Gasteiger partial charge in [0.15, 0.2) is 23.0 Å². The molecular weight excluding hydrogens is 544 g/mol. The summed E-state index contributed by atoms with van der Waals surface area (Å²) in [6.45, 7) is 10.9. The Morgan fingerprint density at radius 2 is 1.10 bits per heavy atom. The van der Waals surface area contributed by atoms with Gasteiger partial charge in [0.2, 0.25) is 25.1 Å². The van der Waals surface area contributed by atoms with Crippen molar-refractivity contribution in [2.75, 3.05) is 27.8 Å². The lowest BCUT2D eigenvalue weighted by molar-refractivity contribution is -0.156. The third kappa shape index (κ3) is 4.68. The molecule has 42 heavy (non-hydrogen) atoms. The fourth-order valence-electron chi connectivity index (χ4n) is 5.53. The number of allylic oxidation sites excluding steroid dienone is 2. The average Bonchev–Trinajstić information content (AvgIpc) is 3.68. The Hall–Kier alpha value is -4.34. The zero-order chi connectivity index (χ0) is 30.3. The van der Waals surface area contributed by atoms with Crippen molar-refractivity contribution in [2.24, 2.45) is 11.8 Å². The fraction of sp³-hybridized carbons (Fsp3) is 0.438. The molecule has 224 valence electrons. The van der Waals surface area contributed by atoms with Crippen molar-refractivity contribution in [2.45, 2.75) is 53.8 Å². The van der Waals surface area contributed by atoms with Crippen molar-refractivity contribution in [3.63, 3.8) is 0 Å². The maximum atomic E-state index is 13.3. The lowest BCUT2D eigenvalue weighted by Gasteiger charge is -2.38. The largest absolute Gasteiger partial charge is 0.492 e. The summed E-state index contributed by atoms with van der Waals surface area (Å²) in [5, 5.41) is 0. The highest BCUT2D eigenvalue weighted by atomic mass is 16.7. The molecule has 0 amide bonds. The average molecular weight is 581 g/mol. The molecule has 2 aliphatic heterocycles. The van der Waals surface area contributed by atoms with Crippen molar-refractivity contribution in [3.05, 3.63) is 46.6 Å². The quantitative estimate of drug-likeness (QED) is 0.289. The first-order chi connectivity index (χ1) is 20.2. The summed E-state index contributed by atoms with van der Waals surface area (Å²) in [4.78, 5) is 26.5. The Morgan fingerprint density at radius 1 is 0.714 bits per heavy atom. The van der Waals surface area contributed by atoms with E-state index < -0.39 is 24.1 Å². The van der Waals surface area contributed by atoms with Crippen LogP contribution in [0.15, 0.2) is 35.4 Å². The molecule has 0 N–H and O–H groups in total. The topological polar surface area (TPSA) is 108 Å². The van der Waals surface area contributed by atoms with Crippen molar-refractivity contribution < 1.29 is 47.5 Å². The number of esters is 2. The van der Waals surface area contributed by atoms with Gasteiger partial charge in [-0.25, -0.2) is 9.59 Å². The third-order valence-corrected chi connectivity index (χ3v) is 8.33. The van der Waals surface area contributed by atoms with Gasteiger partial charge in [-0.15, -0.1) is 0 Å². The first kappa shape index (κ1) is 29.2. The number of benzene rings is 2. The second kappa shape index (κ2) is 11.5. The number of rotatable bonds is 6. The number of hydrogen-bond donors (Lipinski definition) is 0. The van der Waals surface area contributed by atoms with E-state index in [1.165, 1.54) is 14.2 Å². The van der Waals surface area contributed by atoms with Gasteiger partial charge in [0, 0.05) is 45.2 Å². The molecule has 2 aromatic carbocycles. The Balaban J connectivity index is 1.89. The molecule has 4 unspecified atom stereocenters. The van der Waals surface area contributed by atoms with Gasteiger partial charge in [0.1, 0.15) is 12.2 Å². The Labute approximate surface area is 245 Å². The smallest absolute Gasteiger partial charge is 0.333 e. The SMILES string of the molecule is CC=C(C)C(=O)OC1c2cc3c(c(OC)c2-c2c(cc4c(c2OC)OCO4)C(OC(=O)C(C)=CC)C(C)C1C)OCO3. The molecule has 0 aromatic heterocycles. The van der Waals surface area contributed by atoms with Crippen LogP contribution >= 0.6 is 0 Å². The predicted molar refractivity (Wildman–Crippen MR) is 152 cm³/mol. The van der Waals surface area contributed by atoms with Crippen LogP contribution in [0.4, 0.5) is 0 Å². The molecule has 0 spiro atoms. The Morgan fingerprint density at radius 3 is 1.43 bits per heavy atom. The van der Waals surface area contributed by atoms with Crippen molar-refractivity contribution >= 4 is 11.9 Å². The highest BCUT2D eigenvalue weighted by Gasteiger charge is 2.45. The van der Waals surface area contributed by atoms with Crippen molar-refractivity contribution in [1.29, 1.82) is 0 Å². The second-order valence-electron chi connectivity index (χ2n) is 10.5. The van der Waals surface area contributed by atoms with Gasteiger partial charge in [-0.2, -0.15) is 0 Å². The van der Waals surface area contributed by atoms with E-state index in [-0.39, 0.29) is 25.4 Å². The van der Waals surface area contributed by atoms with Crippen LogP contribution in [0.25, 0.3) is 11.1 Å². The number of ether oxygens (including phenoxy) is 8. The van der Waals surface area contributed by atoms with Crippen LogP contribution < -0.4 is 28.4 Å². The Bertz CT molecular complexity index is 1380. The Kier molecular flexibility index (Phi) is 7.99. The van der Waals surface area contributed by atoms with E-state index in [2.05, 4.69) is 0 Å². The molecule has 10 nitrogen and oxygen atoms in total. The van der Waals surface area contributed by atoms with E-state index >= 15 is 0 Å². The van der Waals surface area contributed by atoms with Crippen LogP contribution in [0.5, 0.6) is 34.5 Å². The molecule has 10 heteroatoms. The first-order valence-electron chi connectivity index (χ1n) is 13.9. The standard InChI is InChI=1S/C32H36O10/c1-9-15(3)31(33)41-25-17(5)18(6)26(42-32(34)16(4)10-2)20-12-22-28(40-14-38-22)30(36-8)24(20)23-19(25)11-21-27(29(23)35-7)39-13-37-21/h9-12,17-18,25-26H,13-14H2,1-8H3. The van der Waals surface area contributed by atoms with Gasteiger partial charge < -0.3 is 37.9 Å². The van der Waals surface area contributed by atoms with E-state index in [1.807, 2.05) is 26.0 Å². The summed E-state index contributed by atoms with van der Waals surface area (Å²) in [5.74, 6) is 0.795. The van der Waals surface area contributed by atoms with Gasteiger partial charge >= 0.3 is 11.9 Å². The van der Waals surface area contributed by atoms with Crippen LogP contribution in [0, 0.1) is 11.8 Å². The minimum Gasteiger partial charge on any atom is -0.492 e. The molecule has 2 aromatic rings. The highest BCUT2D eigenvalue weighted by molar-refractivity contribution is 5.92. The van der Waals surface area contributed by atoms with Crippen molar-refractivity contribution in [1.82, 2.24) is 0 Å². The maximum Gasteiger partial charge on any atom is 0.333 e. The lowest BCUT2D eigenvalue weighted by atomic mass is 9.74. The van der Waals surface area contributed by atoms with E-state index in [9.17, 15) is 9.59 Å². The van der Waals surface area contributed by atoms with E-state index in [1.54, 1.807) is 39.8 Å². The number of carbonyl (C=O) groups excluding carboxylic acids is 2. The lowest BCUT2D eigenvalue weighted by Crippen LogP contribution is -2.31. The molecule has 0 fully saturated rings. The predicted octanol–water partition coefficient (Wildman–Crippen LogP) is 6.22. The van der Waals surface area contributed by atoms with Crippen LogP contribution in [-0.2, 0) is 19.1 Å². The number of carbonyl (C=O) groups is 2. The molecule has 0 saturated heterocycles. The van der Waals surface area contributed by atoms with Gasteiger partial charge in [-0.3, -0.25) is 0 Å². The van der Waals surface area contributed by atoms with Crippen LogP contribution in [0.1, 0.15) is 64.9 Å². The highest BCUT2D eigenvalue weighted by Crippen LogP contribution is 2.61. The van der Waals surface area contributed by atoms with Gasteiger partial charge in [-0.05, 0) is 39.8 Å². The zero-order valence-electron chi connectivity index (χ0n) is 25.1. The normalized spacial score (nSPS) is 22.4. The number of methoxy groups -OCH3 is 2. The molecular formula is C32H36O10. The summed E-state index contributed by atoms with van der Waals surface area (Å²) in [6, 6.07) is 3.63. The molecule has 0 saturated carbocycles. The summed E-state index contributed by atoms with van der Waals surface area (Å²) in [7, 11) is 3.05. The monoisotopic (exact) mass is 580 g/mol. The summed E-state index contributed by atoms with van der Waals surface area (Å²) < 4.78 is 47.7. The molecule has 4 atom stereocenters. The molecule has 2 heterocycles. The van der Waals surface area contributed by atoms with E-state index in [0.29, 0.717) is 67.9 Å². The molecule has 0 bridgehead atoms. The molecule has 0 radical (unpaired) electrons. The summed E-state index contributed by atoms with van der Waals surface area (Å²) in [6.07, 6.45) is 1.80. The van der Waals surface area contributed by atoms with E-state index in [4.69, 9.17) is 37.9 Å². The van der Waals surface area contributed by atoms with Gasteiger partial charge in [0.05, 0.1) is 14.2 Å². The molecule has 1 aliphatic carbocycles. The van der Waals surface area contributed by atoms with Crippen LogP contribution in [-0.4, -0.2) is 39.7 Å². The first-order valence-corrected chi connectivity index (χ1v) is 13.9. The van der Waals surface area contributed by atoms with E-state index in [0.717, 1.165) is 0 Å².